The van der Waals surface area contributed by atoms with E-state index in [1.807, 2.05) is 48.5 Å². The second kappa shape index (κ2) is 8.60. The lowest BCUT2D eigenvalue weighted by Crippen LogP contribution is -1.97. The molecule has 0 saturated carbocycles. The molecule has 9 aromatic rings. The fourth-order valence-corrected chi connectivity index (χ4v) is 6.57. The summed E-state index contributed by atoms with van der Waals surface area (Å²) in [6.45, 7) is 7.78. The van der Waals surface area contributed by atoms with E-state index < -0.39 is 0 Å². The highest BCUT2D eigenvalue weighted by Gasteiger charge is 2.20. The second-order valence-corrected chi connectivity index (χ2v) is 10.7. The number of rotatable bonds is 2. The summed E-state index contributed by atoms with van der Waals surface area (Å²) in [7, 11) is 0. The zero-order chi connectivity index (χ0) is 28.7. The van der Waals surface area contributed by atoms with Crippen LogP contribution in [0.25, 0.3) is 87.3 Å². The molecule has 0 unspecified atom stereocenters. The van der Waals surface area contributed by atoms with Gasteiger partial charge in [0.05, 0.1) is 34.9 Å². The highest BCUT2D eigenvalue weighted by atomic mass is 16.3. The van der Waals surface area contributed by atoms with Crippen molar-refractivity contribution >= 4 is 71.4 Å². The summed E-state index contributed by atoms with van der Waals surface area (Å²) in [5.41, 5.74) is 9.26. The molecule has 0 spiro atoms. The highest BCUT2D eigenvalue weighted by molar-refractivity contribution is 6.26. The number of benzene rings is 6. The van der Waals surface area contributed by atoms with Crippen molar-refractivity contribution in [2.75, 3.05) is 0 Å². The van der Waals surface area contributed by atoms with E-state index in [0.717, 1.165) is 71.7 Å². The van der Waals surface area contributed by atoms with Crippen LogP contribution in [0.4, 0.5) is 5.69 Å². The lowest BCUT2D eigenvalue weighted by atomic mass is 9.98. The van der Waals surface area contributed by atoms with Gasteiger partial charge in [-0.1, -0.05) is 48.5 Å². The molecule has 3 aromatic heterocycles. The van der Waals surface area contributed by atoms with Gasteiger partial charge in [0.2, 0.25) is 0 Å². The van der Waals surface area contributed by atoms with Crippen LogP contribution >= 0.6 is 0 Å². The Hall–Kier alpha value is -6.30. The van der Waals surface area contributed by atoms with E-state index in [0.29, 0.717) is 11.3 Å². The molecule has 0 amide bonds. The Balaban J connectivity index is 1.37. The topological polar surface area (TPSA) is 59.4 Å². The summed E-state index contributed by atoms with van der Waals surface area (Å²) >= 11 is 0. The molecule has 0 N–H and O–H groups in total. The molecule has 0 saturated heterocycles. The number of hydrogen-bond donors (Lipinski definition) is 0. The third-order valence-electron chi connectivity index (χ3n) is 8.44. The minimum absolute atomic E-state index is 0.573. The van der Waals surface area contributed by atoms with Gasteiger partial charge in [0.15, 0.2) is 5.69 Å². The van der Waals surface area contributed by atoms with Gasteiger partial charge >= 0.3 is 0 Å². The molecule has 0 aliphatic carbocycles. The van der Waals surface area contributed by atoms with E-state index in [-0.39, 0.29) is 0 Å². The Bertz CT molecular complexity index is 2650. The molecule has 5 nitrogen and oxygen atoms in total. The van der Waals surface area contributed by atoms with Gasteiger partial charge in [0.25, 0.3) is 0 Å². The summed E-state index contributed by atoms with van der Waals surface area (Å²) < 4.78 is 14.8. The Labute approximate surface area is 244 Å². The monoisotopic (exact) mass is 549 g/mol. The summed E-state index contributed by atoms with van der Waals surface area (Å²) in [4.78, 5) is 3.77. The number of aromatic nitrogens is 1. The van der Waals surface area contributed by atoms with Crippen molar-refractivity contribution in [1.82, 2.24) is 4.57 Å². The molecule has 0 fully saturated rings. The van der Waals surface area contributed by atoms with Gasteiger partial charge < -0.3 is 13.4 Å². The smallest absolute Gasteiger partial charge is 0.188 e. The average Bonchev–Trinajstić information content (AvgIpc) is 3.73. The molecular weight excluding hydrogens is 530 g/mol. The van der Waals surface area contributed by atoms with Gasteiger partial charge in [0.1, 0.15) is 22.3 Å². The van der Waals surface area contributed by atoms with Crippen molar-refractivity contribution in [3.05, 3.63) is 132 Å². The van der Waals surface area contributed by atoms with E-state index >= 15 is 0 Å². The van der Waals surface area contributed by atoms with Gasteiger partial charge in [0, 0.05) is 32.3 Å². The lowest BCUT2D eigenvalue weighted by molar-refractivity contribution is 0.663. The number of nitriles is 1. The maximum absolute atomic E-state index is 9.57. The fraction of sp³-hybridized carbons (Fsp3) is 0. The first-order valence-corrected chi connectivity index (χ1v) is 13.9. The zero-order valence-corrected chi connectivity index (χ0v) is 22.6. The molecule has 0 aliphatic heterocycles. The first kappa shape index (κ1) is 23.4. The minimum Gasteiger partial charge on any atom is -0.456 e. The minimum atomic E-state index is 0.573. The Morgan fingerprint density at radius 2 is 1.21 bits per heavy atom. The van der Waals surface area contributed by atoms with Crippen LogP contribution in [0, 0.1) is 17.9 Å². The van der Waals surface area contributed by atoms with Crippen molar-refractivity contribution in [2.24, 2.45) is 0 Å². The Morgan fingerprint density at radius 1 is 0.605 bits per heavy atom. The van der Waals surface area contributed by atoms with E-state index in [2.05, 4.69) is 76.1 Å². The molecule has 3 heterocycles. The van der Waals surface area contributed by atoms with Crippen molar-refractivity contribution in [2.45, 2.75) is 0 Å². The molecule has 43 heavy (non-hydrogen) atoms. The van der Waals surface area contributed by atoms with Crippen molar-refractivity contribution in [3.8, 4) is 22.9 Å². The fourth-order valence-electron chi connectivity index (χ4n) is 6.57. The first-order chi connectivity index (χ1) is 21.2. The van der Waals surface area contributed by atoms with Gasteiger partial charge in [-0.3, -0.25) is 0 Å². The van der Waals surface area contributed by atoms with Gasteiger partial charge in [-0.15, -0.1) is 0 Å². The van der Waals surface area contributed by atoms with Gasteiger partial charge in [-0.2, -0.15) is 5.26 Å². The molecule has 0 atom stereocenters. The summed E-state index contributed by atoms with van der Waals surface area (Å²) in [5, 5.41) is 15.6. The molecule has 0 radical (unpaired) electrons. The van der Waals surface area contributed by atoms with Crippen LogP contribution in [-0.2, 0) is 0 Å². The van der Waals surface area contributed by atoms with Crippen LogP contribution in [0.1, 0.15) is 5.56 Å². The number of para-hydroxylation sites is 2. The van der Waals surface area contributed by atoms with Crippen LogP contribution in [0.5, 0.6) is 0 Å². The van der Waals surface area contributed by atoms with Crippen LogP contribution in [0.2, 0.25) is 0 Å². The number of furan rings is 2. The predicted molar refractivity (Wildman–Crippen MR) is 172 cm³/mol. The first-order valence-electron chi connectivity index (χ1n) is 13.9. The number of fused-ring (bicyclic) bond motifs is 10. The van der Waals surface area contributed by atoms with Crippen LogP contribution < -0.4 is 0 Å². The van der Waals surface area contributed by atoms with E-state index in [1.54, 1.807) is 6.07 Å². The summed E-state index contributed by atoms with van der Waals surface area (Å²) in [5.74, 6) is 0. The Kier molecular flexibility index (Phi) is 4.68. The summed E-state index contributed by atoms with van der Waals surface area (Å²) in [6.07, 6.45) is 0. The van der Waals surface area contributed by atoms with E-state index in [9.17, 15) is 5.26 Å². The molecule has 0 aliphatic rings. The van der Waals surface area contributed by atoms with E-state index in [4.69, 9.17) is 15.4 Å². The third kappa shape index (κ3) is 3.25. The van der Waals surface area contributed by atoms with Crippen molar-refractivity contribution in [1.29, 1.82) is 5.26 Å². The highest BCUT2D eigenvalue weighted by Crippen LogP contribution is 2.43. The average molecular weight is 550 g/mol. The van der Waals surface area contributed by atoms with E-state index in [1.165, 1.54) is 10.8 Å². The van der Waals surface area contributed by atoms with Crippen LogP contribution in [-0.4, -0.2) is 4.57 Å². The largest absolute Gasteiger partial charge is 0.456 e. The molecule has 0 bridgehead atoms. The third-order valence-corrected chi connectivity index (χ3v) is 8.44. The van der Waals surface area contributed by atoms with Crippen molar-refractivity contribution in [3.63, 3.8) is 0 Å². The number of hydrogen-bond acceptors (Lipinski definition) is 3. The quantitative estimate of drug-likeness (QED) is 0.202. The standard InChI is InChI=1S/C38H19N3O2/c1-40-24-12-13-32(41-30-8-4-2-6-25(30)26-7-3-5-9-31(26)41)27(20-24)23-11-15-34-29(19-23)38-36(43-34)17-16-35-37(38)28-18-22(21-39)10-14-33(28)42-35/h2-20H. The van der Waals surface area contributed by atoms with Crippen LogP contribution in [0.3, 0.4) is 0 Å². The lowest BCUT2D eigenvalue weighted by Gasteiger charge is -2.15. The molecule has 5 heteroatoms. The van der Waals surface area contributed by atoms with Crippen LogP contribution in [0.15, 0.2) is 124 Å². The summed E-state index contributed by atoms with van der Waals surface area (Å²) in [6, 6.07) is 40.6. The zero-order valence-electron chi connectivity index (χ0n) is 22.6. The maximum Gasteiger partial charge on any atom is 0.188 e. The molecular formula is C38H19N3O2. The normalized spacial score (nSPS) is 11.7. The SMILES string of the molecule is [C-]#[N+]c1ccc(-n2c3ccccc3c3ccccc32)c(-c2ccc3oc4ccc5oc6ccc(C#N)cc6c5c4c3c2)c1. The maximum atomic E-state index is 9.57. The van der Waals surface area contributed by atoms with Gasteiger partial charge in [-0.05, 0) is 77.9 Å². The molecule has 198 valence electrons. The van der Waals surface area contributed by atoms with Crippen molar-refractivity contribution < 1.29 is 8.83 Å². The second-order valence-electron chi connectivity index (χ2n) is 10.7. The molecule has 9 rings (SSSR count). The molecule has 6 aromatic carbocycles. The predicted octanol–water partition coefficient (Wildman–Crippen LogP) is 10.7. The number of nitrogens with zero attached hydrogens (tertiary/aromatic N) is 3. The van der Waals surface area contributed by atoms with Gasteiger partial charge in [-0.25, -0.2) is 4.85 Å². The Morgan fingerprint density at radius 3 is 1.86 bits per heavy atom.